The summed E-state index contributed by atoms with van der Waals surface area (Å²) in [5, 5.41) is 52.9. The van der Waals surface area contributed by atoms with Gasteiger partial charge in [-0.15, -0.1) is 0 Å². The fraction of sp³-hybridized carbons (Fsp3) is 0.789. The van der Waals surface area contributed by atoms with Crippen LogP contribution >= 0.6 is 0 Å². The molecule has 8 nitrogen and oxygen atoms in total. The van der Waals surface area contributed by atoms with Gasteiger partial charge in [-0.25, -0.2) is 0 Å². The molecule has 5 aliphatic rings. The monoisotopic (exact) mass is 380 g/mol. The van der Waals surface area contributed by atoms with Crippen molar-refractivity contribution >= 4 is 11.9 Å². The van der Waals surface area contributed by atoms with Crippen molar-refractivity contribution in [3.63, 3.8) is 0 Å². The second kappa shape index (κ2) is 4.56. The maximum absolute atomic E-state index is 12.8. The molecule has 0 aromatic carbocycles. The third-order valence-corrected chi connectivity index (χ3v) is 8.67. The molecule has 0 amide bonds. The molecule has 5 fully saturated rings. The van der Waals surface area contributed by atoms with Crippen LogP contribution in [0.25, 0.3) is 0 Å². The summed E-state index contributed by atoms with van der Waals surface area (Å²) in [6.45, 7) is 5.36. The summed E-state index contributed by atoms with van der Waals surface area (Å²) in [4.78, 5) is 25.2. The molecule has 4 aliphatic carbocycles. The Morgan fingerprint density at radius 3 is 2.59 bits per heavy atom. The highest BCUT2D eigenvalue weighted by atomic mass is 16.6. The number of carbonyl (C=O) groups excluding carboxylic acids is 1. The van der Waals surface area contributed by atoms with Crippen molar-refractivity contribution < 1.29 is 39.9 Å². The number of carboxylic acid groups (broad SMARTS) is 1. The summed E-state index contributed by atoms with van der Waals surface area (Å²) in [6, 6.07) is 0. The van der Waals surface area contributed by atoms with E-state index in [2.05, 4.69) is 6.58 Å². The van der Waals surface area contributed by atoms with Crippen LogP contribution in [0.1, 0.15) is 32.6 Å². The number of carbonyl (C=O) groups is 2. The van der Waals surface area contributed by atoms with E-state index in [4.69, 9.17) is 4.74 Å². The van der Waals surface area contributed by atoms with Gasteiger partial charge >= 0.3 is 11.9 Å². The van der Waals surface area contributed by atoms with E-state index in [1.54, 1.807) is 0 Å². The lowest BCUT2D eigenvalue weighted by Crippen LogP contribution is -2.59. The minimum absolute atomic E-state index is 0.0275. The molecule has 0 aromatic heterocycles. The lowest BCUT2D eigenvalue weighted by molar-refractivity contribution is -0.172. The molecule has 0 aromatic rings. The van der Waals surface area contributed by atoms with Crippen molar-refractivity contribution in [3.8, 4) is 0 Å². The van der Waals surface area contributed by atoms with Gasteiger partial charge in [0.05, 0.1) is 24.2 Å². The number of aliphatic hydroxyl groups is 4. The molecule has 148 valence electrons. The fourth-order valence-electron chi connectivity index (χ4n) is 7.69. The number of aliphatic carboxylic acids is 1. The SMILES string of the molecule is C=C1C[C@]23C[C@@]1(O)[C@@H](O)C[C@H]2[C@@]12C[C@H](O)[C@H](O)[C@@](C)(C(=O)O1)[C@H]2[C@@H]3C(=O)O. The van der Waals surface area contributed by atoms with E-state index in [9.17, 15) is 35.1 Å². The number of hydrogen-bond acceptors (Lipinski definition) is 7. The van der Waals surface area contributed by atoms with E-state index < -0.39 is 70.0 Å². The zero-order chi connectivity index (χ0) is 19.7. The average molecular weight is 380 g/mol. The molecule has 5 rings (SSSR count). The van der Waals surface area contributed by atoms with E-state index in [-0.39, 0.29) is 25.7 Å². The van der Waals surface area contributed by atoms with E-state index in [1.165, 1.54) is 6.92 Å². The maximum Gasteiger partial charge on any atom is 0.315 e. The number of hydrogen-bond donors (Lipinski definition) is 5. The summed E-state index contributed by atoms with van der Waals surface area (Å²) in [5.74, 6) is -4.27. The van der Waals surface area contributed by atoms with Gasteiger partial charge < -0.3 is 30.3 Å². The first-order valence-corrected chi connectivity index (χ1v) is 9.36. The zero-order valence-corrected chi connectivity index (χ0v) is 15.0. The molecule has 10 atom stereocenters. The van der Waals surface area contributed by atoms with E-state index in [0.29, 0.717) is 5.57 Å². The molecule has 1 aliphatic heterocycles. The quantitative estimate of drug-likeness (QED) is 0.293. The summed E-state index contributed by atoms with van der Waals surface area (Å²) < 4.78 is 5.81. The van der Waals surface area contributed by atoms with Crippen LogP contribution in [0.2, 0.25) is 0 Å². The van der Waals surface area contributed by atoms with Gasteiger partial charge in [0.1, 0.15) is 16.6 Å². The lowest BCUT2D eigenvalue weighted by atomic mass is 9.58. The Morgan fingerprint density at radius 2 is 1.96 bits per heavy atom. The van der Waals surface area contributed by atoms with Gasteiger partial charge in [-0.2, -0.15) is 0 Å². The van der Waals surface area contributed by atoms with Crippen molar-refractivity contribution in [2.45, 2.75) is 62.1 Å². The number of rotatable bonds is 1. The predicted octanol–water partition coefficient (Wildman–Crippen LogP) is -0.807. The highest BCUT2D eigenvalue weighted by Gasteiger charge is 2.86. The zero-order valence-electron chi connectivity index (χ0n) is 15.0. The van der Waals surface area contributed by atoms with Crippen molar-refractivity contribution in [1.29, 1.82) is 0 Å². The van der Waals surface area contributed by atoms with Gasteiger partial charge in [-0.1, -0.05) is 6.58 Å². The molecule has 27 heavy (non-hydrogen) atoms. The molecular formula is C19H24O8. The molecule has 4 bridgehead atoms. The predicted molar refractivity (Wildman–Crippen MR) is 88.0 cm³/mol. The molecular weight excluding hydrogens is 356 g/mol. The van der Waals surface area contributed by atoms with Crippen LogP contribution in [-0.4, -0.2) is 67.0 Å². The van der Waals surface area contributed by atoms with Crippen molar-refractivity contribution in [3.05, 3.63) is 12.2 Å². The van der Waals surface area contributed by atoms with Gasteiger partial charge in [0, 0.05) is 18.3 Å². The lowest BCUT2D eigenvalue weighted by Gasteiger charge is -2.48. The van der Waals surface area contributed by atoms with Crippen LogP contribution in [0.4, 0.5) is 0 Å². The Morgan fingerprint density at radius 1 is 1.30 bits per heavy atom. The molecule has 1 saturated heterocycles. The second-order valence-corrected chi connectivity index (χ2v) is 9.56. The molecule has 4 saturated carbocycles. The second-order valence-electron chi connectivity index (χ2n) is 9.56. The number of esters is 1. The third-order valence-electron chi connectivity index (χ3n) is 8.67. The van der Waals surface area contributed by atoms with E-state index >= 15 is 0 Å². The van der Waals surface area contributed by atoms with E-state index in [0.717, 1.165) is 0 Å². The standard InChI is InChI=1S/C19H24O8/c1-7-4-17-6-18(7,26)10(21)3-9(17)19-5-8(20)13(22)16(2,15(25)27-19)12(19)11(17)14(23)24/h8-13,20-22,26H,1,3-6H2,2H3,(H,23,24)/t8-,9+,10-,11+,12+,13-,16-,17-,18-,19+/m0/s1. The van der Waals surface area contributed by atoms with Crippen LogP contribution < -0.4 is 0 Å². The van der Waals surface area contributed by atoms with Crippen LogP contribution in [0.15, 0.2) is 12.2 Å². The minimum Gasteiger partial charge on any atom is -0.481 e. The highest BCUT2D eigenvalue weighted by molar-refractivity contribution is 5.85. The molecule has 8 heteroatoms. The van der Waals surface area contributed by atoms with Gasteiger partial charge in [-0.05, 0) is 37.2 Å². The number of fused-ring (bicyclic) bond motifs is 1. The molecule has 0 unspecified atom stereocenters. The number of carboxylic acids is 1. The van der Waals surface area contributed by atoms with Crippen LogP contribution in [-0.2, 0) is 14.3 Å². The Bertz CT molecular complexity index is 795. The summed E-state index contributed by atoms with van der Waals surface area (Å²) in [5.41, 5.74) is -4.93. The van der Waals surface area contributed by atoms with Gasteiger partial charge in [-0.3, -0.25) is 9.59 Å². The highest BCUT2D eigenvalue weighted by Crippen LogP contribution is 2.78. The van der Waals surface area contributed by atoms with Crippen LogP contribution in [0.5, 0.6) is 0 Å². The molecule has 5 N–H and O–H groups in total. The molecule has 1 heterocycles. The Balaban J connectivity index is 1.78. The van der Waals surface area contributed by atoms with E-state index in [1.807, 2.05) is 0 Å². The minimum atomic E-state index is -1.56. The largest absolute Gasteiger partial charge is 0.481 e. The Kier molecular flexibility index (Phi) is 2.98. The first-order valence-electron chi connectivity index (χ1n) is 9.36. The van der Waals surface area contributed by atoms with Crippen molar-refractivity contribution in [2.24, 2.45) is 28.6 Å². The summed E-state index contributed by atoms with van der Waals surface area (Å²) >= 11 is 0. The average Bonchev–Trinajstić information content (AvgIpc) is 3.01. The van der Waals surface area contributed by atoms with Crippen LogP contribution in [0, 0.1) is 28.6 Å². The van der Waals surface area contributed by atoms with Gasteiger partial charge in [0.25, 0.3) is 0 Å². The first-order chi connectivity index (χ1) is 12.4. The normalized spacial score (nSPS) is 60.8. The van der Waals surface area contributed by atoms with Crippen molar-refractivity contribution in [1.82, 2.24) is 0 Å². The topological polar surface area (TPSA) is 145 Å². The van der Waals surface area contributed by atoms with Gasteiger partial charge in [0.2, 0.25) is 0 Å². The fourth-order valence-corrected chi connectivity index (χ4v) is 7.69. The van der Waals surface area contributed by atoms with Crippen LogP contribution in [0.3, 0.4) is 0 Å². The van der Waals surface area contributed by atoms with Gasteiger partial charge in [0.15, 0.2) is 0 Å². The smallest absolute Gasteiger partial charge is 0.315 e. The maximum atomic E-state index is 12.8. The third kappa shape index (κ3) is 1.55. The number of aliphatic hydroxyl groups excluding tert-OH is 3. The molecule has 0 radical (unpaired) electrons. The Labute approximate surface area is 155 Å². The summed E-state index contributed by atoms with van der Waals surface area (Å²) in [6.07, 6.45) is -3.60. The Hall–Kier alpha value is -1.48. The summed E-state index contributed by atoms with van der Waals surface area (Å²) in [7, 11) is 0. The van der Waals surface area contributed by atoms with Crippen molar-refractivity contribution in [2.75, 3.05) is 0 Å². The first kappa shape index (κ1) is 17.6. The number of ether oxygens (including phenoxy) is 1. The molecule has 1 spiro atoms.